The maximum atomic E-state index is 9.26. The van der Waals surface area contributed by atoms with Crippen molar-refractivity contribution in [3.63, 3.8) is 0 Å². The SMILES string of the molecule is CCCCCc1ccc2c(c1)C(C=CCO)c1ccccc1C=C2. The van der Waals surface area contributed by atoms with Crippen LogP contribution in [0.4, 0.5) is 0 Å². The lowest BCUT2D eigenvalue weighted by Crippen LogP contribution is -2.02. The summed E-state index contributed by atoms with van der Waals surface area (Å²) in [4.78, 5) is 0. The van der Waals surface area contributed by atoms with Crippen molar-refractivity contribution in [2.75, 3.05) is 6.61 Å². The normalized spacial score (nSPS) is 16.0. The Morgan fingerprint density at radius 1 is 0.958 bits per heavy atom. The van der Waals surface area contributed by atoms with E-state index >= 15 is 0 Å². The van der Waals surface area contributed by atoms with Crippen LogP contribution in [0.3, 0.4) is 0 Å². The lowest BCUT2D eigenvalue weighted by molar-refractivity contribution is 0.342. The number of aliphatic hydroxyl groups excluding tert-OH is 1. The van der Waals surface area contributed by atoms with Crippen molar-refractivity contribution < 1.29 is 5.11 Å². The third-order valence-electron chi connectivity index (χ3n) is 4.76. The van der Waals surface area contributed by atoms with E-state index in [1.54, 1.807) is 0 Å². The molecule has 0 heterocycles. The average Bonchev–Trinajstić information content (AvgIpc) is 2.77. The lowest BCUT2D eigenvalue weighted by Gasteiger charge is -2.18. The number of rotatable bonds is 6. The Bertz CT molecular complexity index is 739. The molecule has 2 aromatic rings. The Labute approximate surface area is 145 Å². The van der Waals surface area contributed by atoms with Gasteiger partial charge in [0.15, 0.2) is 0 Å². The Kier molecular flexibility index (Phi) is 5.66. The summed E-state index contributed by atoms with van der Waals surface area (Å²) in [6.45, 7) is 2.33. The molecule has 0 amide bonds. The minimum atomic E-state index is 0.0810. The number of aliphatic hydroxyl groups is 1. The van der Waals surface area contributed by atoms with Gasteiger partial charge in [0.2, 0.25) is 0 Å². The number of aryl methyl sites for hydroxylation is 1. The second-order valence-corrected chi connectivity index (χ2v) is 6.47. The first-order valence-corrected chi connectivity index (χ1v) is 9.01. The van der Waals surface area contributed by atoms with Crippen LogP contribution in [0.2, 0.25) is 0 Å². The van der Waals surface area contributed by atoms with Gasteiger partial charge in [-0.3, -0.25) is 0 Å². The van der Waals surface area contributed by atoms with Crippen LogP contribution in [0.25, 0.3) is 12.2 Å². The Morgan fingerprint density at radius 3 is 2.54 bits per heavy atom. The molecule has 2 aromatic carbocycles. The number of benzene rings is 2. The topological polar surface area (TPSA) is 20.2 Å². The fourth-order valence-corrected chi connectivity index (χ4v) is 3.48. The highest BCUT2D eigenvalue weighted by molar-refractivity contribution is 5.77. The summed E-state index contributed by atoms with van der Waals surface area (Å²) in [5.74, 6) is 0.199. The van der Waals surface area contributed by atoms with Crippen molar-refractivity contribution >= 4 is 12.2 Å². The zero-order valence-electron chi connectivity index (χ0n) is 14.4. The second kappa shape index (κ2) is 8.12. The van der Waals surface area contributed by atoms with Crippen molar-refractivity contribution in [2.24, 2.45) is 0 Å². The summed E-state index contributed by atoms with van der Waals surface area (Å²) in [6, 6.07) is 15.4. The monoisotopic (exact) mass is 318 g/mol. The fraction of sp³-hybridized carbons (Fsp3) is 0.304. The van der Waals surface area contributed by atoms with Crippen LogP contribution in [0.1, 0.15) is 59.9 Å². The van der Waals surface area contributed by atoms with Crippen LogP contribution in [0, 0.1) is 0 Å². The zero-order chi connectivity index (χ0) is 16.8. The minimum Gasteiger partial charge on any atom is -0.392 e. The molecule has 1 heteroatoms. The van der Waals surface area contributed by atoms with Gasteiger partial charge in [-0.15, -0.1) is 0 Å². The largest absolute Gasteiger partial charge is 0.392 e. The first kappa shape index (κ1) is 16.7. The summed E-state index contributed by atoms with van der Waals surface area (Å²) in [5, 5.41) is 9.26. The maximum Gasteiger partial charge on any atom is 0.0612 e. The van der Waals surface area contributed by atoms with E-state index in [-0.39, 0.29) is 12.5 Å². The summed E-state index contributed by atoms with van der Waals surface area (Å²) in [6.07, 6.45) is 13.4. The molecule has 0 bridgehead atoms. The molecule has 1 N–H and O–H groups in total. The van der Waals surface area contributed by atoms with E-state index in [1.165, 1.54) is 47.1 Å². The van der Waals surface area contributed by atoms with Crippen LogP contribution < -0.4 is 0 Å². The van der Waals surface area contributed by atoms with E-state index < -0.39 is 0 Å². The molecule has 0 spiro atoms. The van der Waals surface area contributed by atoms with Gasteiger partial charge in [0.05, 0.1) is 6.61 Å². The molecule has 1 aliphatic rings. The van der Waals surface area contributed by atoms with Crippen molar-refractivity contribution in [3.8, 4) is 0 Å². The molecule has 3 rings (SSSR count). The lowest BCUT2D eigenvalue weighted by atomic mass is 9.86. The number of allylic oxidation sites excluding steroid dienone is 1. The van der Waals surface area contributed by atoms with E-state index in [1.807, 2.05) is 6.08 Å². The van der Waals surface area contributed by atoms with Gasteiger partial charge in [-0.2, -0.15) is 0 Å². The third-order valence-corrected chi connectivity index (χ3v) is 4.76. The van der Waals surface area contributed by atoms with Crippen LogP contribution in [-0.4, -0.2) is 11.7 Å². The number of hydrogen-bond donors (Lipinski definition) is 1. The molecule has 0 saturated carbocycles. The van der Waals surface area contributed by atoms with E-state index in [0.717, 1.165) is 6.42 Å². The molecule has 0 fully saturated rings. The van der Waals surface area contributed by atoms with Gasteiger partial charge in [0.25, 0.3) is 0 Å². The molecule has 1 atom stereocenters. The van der Waals surface area contributed by atoms with Crippen LogP contribution >= 0.6 is 0 Å². The molecular weight excluding hydrogens is 292 g/mol. The van der Waals surface area contributed by atoms with Gasteiger partial charge in [0, 0.05) is 5.92 Å². The standard InChI is InChI=1S/C23H26O/c1-2-3-4-8-18-12-13-20-15-14-19-9-5-6-10-21(19)22(11-7-16-24)23(20)17-18/h5-7,9-15,17,22,24H,2-4,8,16H2,1H3. The van der Waals surface area contributed by atoms with E-state index in [9.17, 15) is 5.11 Å². The quantitative estimate of drug-likeness (QED) is 0.544. The predicted molar refractivity (Wildman–Crippen MR) is 103 cm³/mol. The fourth-order valence-electron chi connectivity index (χ4n) is 3.48. The van der Waals surface area contributed by atoms with Crippen molar-refractivity contribution in [1.29, 1.82) is 0 Å². The first-order valence-electron chi connectivity index (χ1n) is 9.01. The smallest absolute Gasteiger partial charge is 0.0612 e. The molecule has 1 aliphatic carbocycles. The highest BCUT2D eigenvalue weighted by Crippen LogP contribution is 2.36. The first-order chi connectivity index (χ1) is 11.8. The van der Waals surface area contributed by atoms with E-state index in [0.29, 0.717) is 0 Å². The molecule has 0 radical (unpaired) electrons. The second-order valence-electron chi connectivity index (χ2n) is 6.47. The molecule has 0 aromatic heterocycles. The molecule has 124 valence electrons. The van der Waals surface area contributed by atoms with Crippen LogP contribution in [-0.2, 0) is 6.42 Å². The molecule has 1 nitrogen and oxygen atoms in total. The highest BCUT2D eigenvalue weighted by Gasteiger charge is 2.19. The highest BCUT2D eigenvalue weighted by atomic mass is 16.2. The Balaban J connectivity index is 2.02. The van der Waals surface area contributed by atoms with Gasteiger partial charge in [0.1, 0.15) is 0 Å². The predicted octanol–water partition coefficient (Wildman–Crippen LogP) is 5.58. The average molecular weight is 318 g/mol. The number of unbranched alkanes of at least 4 members (excludes halogenated alkanes) is 2. The Morgan fingerprint density at radius 2 is 1.75 bits per heavy atom. The summed E-state index contributed by atoms with van der Waals surface area (Å²) < 4.78 is 0. The summed E-state index contributed by atoms with van der Waals surface area (Å²) >= 11 is 0. The van der Waals surface area contributed by atoms with E-state index in [2.05, 4.69) is 67.6 Å². The molecule has 0 aliphatic heterocycles. The molecular formula is C23H26O. The van der Waals surface area contributed by atoms with Gasteiger partial charge < -0.3 is 5.11 Å². The number of fused-ring (bicyclic) bond motifs is 2. The van der Waals surface area contributed by atoms with Gasteiger partial charge >= 0.3 is 0 Å². The van der Waals surface area contributed by atoms with Crippen LogP contribution in [0.5, 0.6) is 0 Å². The third kappa shape index (κ3) is 3.68. The molecule has 1 unspecified atom stereocenters. The van der Waals surface area contributed by atoms with E-state index in [4.69, 9.17) is 0 Å². The molecule has 0 saturated heterocycles. The van der Waals surface area contributed by atoms with Gasteiger partial charge in [-0.1, -0.05) is 86.5 Å². The van der Waals surface area contributed by atoms with Gasteiger partial charge in [-0.05, 0) is 40.7 Å². The Hall–Kier alpha value is -2.12. The van der Waals surface area contributed by atoms with Crippen LogP contribution in [0.15, 0.2) is 54.6 Å². The van der Waals surface area contributed by atoms with Gasteiger partial charge in [-0.25, -0.2) is 0 Å². The van der Waals surface area contributed by atoms with Crippen molar-refractivity contribution in [3.05, 3.63) is 82.4 Å². The van der Waals surface area contributed by atoms with Crippen molar-refractivity contribution in [1.82, 2.24) is 0 Å². The zero-order valence-corrected chi connectivity index (χ0v) is 14.4. The summed E-state index contributed by atoms with van der Waals surface area (Å²) in [7, 11) is 0. The maximum absolute atomic E-state index is 9.26. The molecule has 24 heavy (non-hydrogen) atoms. The minimum absolute atomic E-state index is 0.0810. The van der Waals surface area contributed by atoms with Crippen molar-refractivity contribution in [2.45, 2.75) is 38.5 Å². The summed E-state index contributed by atoms with van der Waals surface area (Å²) in [5.41, 5.74) is 6.60. The number of hydrogen-bond acceptors (Lipinski definition) is 1.